The van der Waals surface area contributed by atoms with Crippen LogP contribution >= 0.6 is 0 Å². The van der Waals surface area contributed by atoms with E-state index in [-0.39, 0.29) is 5.97 Å². The third-order valence-corrected chi connectivity index (χ3v) is 3.44. The predicted octanol–water partition coefficient (Wildman–Crippen LogP) is 4.65. The zero-order valence-corrected chi connectivity index (χ0v) is 13.6. The van der Waals surface area contributed by atoms with Crippen LogP contribution in [0.25, 0.3) is 0 Å². The summed E-state index contributed by atoms with van der Waals surface area (Å²) in [6.07, 6.45) is 1.15. The number of aryl methyl sites for hydroxylation is 4. The predicted molar refractivity (Wildman–Crippen MR) is 87.8 cm³/mol. The average molecular weight is 284 g/mol. The summed E-state index contributed by atoms with van der Waals surface area (Å²) in [6.45, 7) is 8.18. The summed E-state index contributed by atoms with van der Waals surface area (Å²) in [5.41, 5.74) is 5.53. The van der Waals surface area contributed by atoms with Crippen LogP contribution in [0.5, 0.6) is 0 Å². The molecule has 0 aliphatic carbocycles. The van der Waals surface area contributed by atoms with Gasteiger partial charge in [-0.15, -0.1) is 0 Å². The minimum Gasteiger partial charge on any atom is -0.465 e. The second-order valence-corrected chi connectivity index (χ2v) is 5.09. The lowest BCUT2D eigenvalue weighted by Gasteiger charge is -2.03. The van der Waals surface area contributed by atoms with Crippen molar-refractivity contribution in [1.82, 2.24) is 0 Å². The molecule has 0 aliphatic rings. The molecule has 0 unspecified atom stereocenters. The minimum atomic E-state index is -0.267. The van der Waals surface area contributed by atoms with Gasteiger partial charge in [0.15, 0.2) is 0 Å². The van der Waals surface area contributed by atoms with E-state index in [1.807, 2.05) is 32.0 Å². The molecule has 0 spiro atoms. The molecular formula is C19H24O2. The summed E-state index contributed by atoms with van der Waals surface area (Å²) in [4.78, 5) is 11.2. The quantitative estimate of drug-likeness (QED) is 0.750. The zero-order valence-electron chi connectivity index (χ0n) is 13.6. The number of rotatable bonds is 2. The number of benzene rings is 2. The third kappa shape index (κ3) is 5.07. The van der Waals surface area contributed by atoms with Gasteiger partial charge in [-0.2, -0.15) is 0 Å². The molecule has 0 saturated heterocycles. The topological polar surface area (TPSA) is 26.3 Å². The van der Waals surface area contributed by atoms with Crippen LogP contribution < -0.4 is 0 Å². The van der Waals surface area contributed by atoms with E-state index in [1.54, 1.807) is 0 Å². The van der Waals surface area contributed by atoms with Gasteiger partial charge in [0.05, 0.1) is 12.7 Å². The van der Waals surface area contributed by atoms with Gasteiger partial charge in [-0.3, -0.25) is 0 Å². The number of methoxy groups -OCH3 is 1. The smallest absolute Gasteiger partial charge is 0.338 e. The molecule has 0 heterocycles. The molecule has 0 bridgehead atoms. The standard InChI is InChI=1S/C10H12O2.C9H12/c1-7-4-5-8(2)9(6-7)10(11)12-3;1-3-9-7-5-4-6-8(9)2/h4-6H,1-3H3;4-7H,3H2,1-2H3. The van der Waals surface area contributed by atoms with E-state index in [0.717, 1.165) is 17.5 Å². The van der Waals surface area contributed by atoms with Gasteiger partial charge in [-0.25, -0.2) is 4.79 Å². The second-order valence-electron chi connectivity index (χ2n) is 5.09. The number of esters is 1. The Morgan fingerprint density at radius 3 is 2.19 bits per heavy atom. The summed E-state index contributed by atoms with van der Waals surface area (Å²) in [6, 6.07) is 14.2. The van der Waals surface area contributed by atoms with Gasteiger partial charge >= 0.3 is 5.97 Å². The molecule has 0 saturated carbocycles. The Morgan fingerprint density at radius 2 is 1.67 bits per heavy atom. The van der Waals surface area contributed by atoms with Crippen molar-refractivity contribution in [2.24, 2.45) is 0 Å². The van der Waals surface area contributed by atoms with Crippen LogP contribution in [-0.4, -0.2) is 13.1 Å². The van der Waals surface area contributed by atoms with Gasteiger partial charge in [-0.1, -0.05) is 48.9 Å². The molecule has 0 radical (unpaired) electrons. The Hall–Kier alpha value is -2.09. The summed E-state index contributed by atoms with van der Waals surface area (Å²) in [5.74, 6) is -0.267. The van der Waals surface area contributed by atoms with Crippen molar-refractivity contribution in [3.63, 3.8) is 0 Å². The molecular weight excluding hydrogens is 260 g/mol. The van der Waals surface area contributed by atoms with Crippen LogP contribution in [0.1, 0.15) is 39.5 Å². The van der Waals surface area contributed by atoms with E-state index in [0.29, 0.717) is 5.56 Å². The average Bonchev–Trinajstić information content (AvgIpc) is 2.50. The van der Waals surface area contributed by atoms with E-state index in [1.165, 1.54) is 18.2 Å². The van der Waals surface area contributed by atoms with Crippen molar-refractivity contribution in [3.05, 3.63) is 70.3 Å². The van der Waals surface area contributed by atoms with Gasteiger partial charge in [-0.05, 0) is 49.9 Å². The van der Waals surface area contributed by atoms with E-state index >= 15 is 0 Å². The zero-order chi connectivity index (χ0) is 15.8. The molecule has 0 N–H and O–H groups in total. The molecule has 0 aliphatic heterocycles. The Balaban J connectivity index is 0.000000219. The molecule has 21 heavy (non-hydrogen) atoms. The number of carbonyl (C=O) groups is 1. The lowest BCUT2D eigenvalue weighted by Crippen LogP contribution is -2.03. The van der Waals surface area contributed by atoms with Crippen LogP contribution in [0.4, 0.5) is 0 Å². The lowest BCUT2D eigenvalue weighted by atomic mass is 10.1. The summed E-state index contributed by atoms with van der Waals surface area (Å²) < 4.78 is 4.63. The maximum absolute atomic E-state index is 11.2. The first kappa shape index (κ1) is 17.0. The number of carbonyl (C=O) groups excluding carboxylic acids is 1. The van der Waals surface area contributed by atoms with Crippen molar-refractivity contribution in [3.8, 4) is 0 Å². The normalized spacial score (nSPS) is 9.57. The highest BCUT2D eigenvalue weighted by Crippen LogP contribution is 2.11. The van der Waals surface area contributed by atoms with Crippen LogP contribution in [0, 0.1) is 20.8 Å². The Kier molecular flexibility index (Phi) is 6.67. The fraction of sp³-hybridized carbons (Fsp3) is 0.316. The van der Waals surface area contributed by atoms with Crippen molar-refractivity contribution >= 4 is 5.97 Å². The van der Waals surface area contributed by atoms with Crippen molar-refractivity contribution in [2.75, 3.05) is 7.11 Å². The molecule has 0 amide bonds. The van der Waals surface area contributed by atoms with Crippen LogP contribution in [-0.2, 0) is 11.2 Å². The molecule has 112 valence electrons. The van der Waals surface area contributed by atoms with Gasteiger partial charge in [0.2, 0.25) is 0 Å². The van der Waals surface area contributed by atoms with E-state index in [9.17, 15) is 4.79 Å². The Morgan fingerprint density at radius 1 is 1.00 bits per heavy atom. The Labute approximate surface area is 127 Å². The van der Waals surface area contributed by atoms with Crippen LogP contribution in [0.15, 0.2) is 42.5 Å². The van der Waals surface area contributed by atoms with E-state index < -0.39 is 0 Å². The van der Waals surface area contributed by atoms with Gasteiger partial charge in [0, 0.05) is 0 Å². The maximum Gasteiger partial charge on any atom is 0.338 e. The highest BCUT2D eigenvalue weighted by Gasteiger charge is 2.07. The monoisotopic (exact) mass is 284 g/mol. The molecule has 2 aromatic rings. The molecule has 2 aromatic carbocycles. The molecule has 2 rings (SSSR count). The fourth-order valence-corrected chi connectivity index (χ4v) is 2.07. The van der Waals surface area contributed by atoms with Gasteiger partial charge in [0.1, 0.15) is 0 Å². The van der Waals surface area contributed by atoms with Gasteiger partial charge in [0.25, 0.3) is 0 Å². The highest BCUT2D eigenvalue weighted by molar-refractivity contribution is 5.91. The molecule has 0 aromatic heterocycles. The molecule has 2 nitrogen and oxygen atoms in total. The summed E-state index contributed by atoms with van der Waals surface area (Å²) in [7, 11) is 1.39. The first-order chi connectivity index (χ1) is 9.99. The number of hydrogen-bond acceptors (Lipinski definition) is 2. The largest absolute Gasteiger partial charge is 0.465 e. The lowest BCUT2D eigenvalue weighted by molar-refractivity contribution is 0.0600. The molecule has 0 atom stereocenters. The second kappa shape index (κ2) is 8.25. The maximum atomic E-state index is 11.2. The summed E-state index contributed by atoms with van der Waals surface area (Å²) in [5, 5.41) is 0. The van der Waals surface area contributed by atoms with Crippen molar-refractivity contribution in [1.29, 1.82) is 0 Å². The highest BCUT2D eigenvalue weighted by atomic mass is 16.5. The fourth-order valence-electron chi connectivity index (χ4n) is 2.07. The molecule has 2 heteroatoms. The Bertz CT molecular complexity index is 600. The van der Waals surface area contributed by atoms with E-state index in [2.05, 4.69) is 42.8 Å². The van der Waals surface area contributed by atoms with Crippen molar-refractivity contribution < 1.29 is 9.53 Å². The van der Waals surface area contributed by atoms with E-state index in [4.69, 9.17) is 0 Å². The molecule has 0 fully saturated rings. The first-order valence-electron chi connectivity index (χ1n) is 7.19. The minimum absolute atomic E-state index is 0.267. The number of hydrogen-bond donors (Lipinski definition) is 0. The summed E-state index contributed by atoms with van der Waals surface area (Å²) >= 11 is 0. The van der Waals surface area contributed by atoms with Crippen molar-refractivity contribution in [2.45, 2.75) is 34.1 Å². The third-order valence-electron chi connectivity index (χ3n) is 3.44. The van der Waals surface area contributed by atoms with Crippen LogP contribution in [0.2, 0.25) is 0 Å². The SMILES string of the molecule is CCc1ccccc1C.COC(=O)c1cc(C)ccc1C. The van der Waals surface area contributed by atoms with Gasteiger partial charge < -0.3 is 4.74 Å². The number of ether oxygens (including phenoxy) is 1. The van der Waals surface area contributed by atoms with Crippen LogP contribution in [0.3, 0.4) is 0 Å². The first-order valence-corrected chi connectivity index (χ1v) is 7.19.